The number of hydrogen-bond acceptors (Lipinski definition) is 4. The highest BCUT2D eigenvalue weighted by atomic mass is 127. The van der Waals surface area contributed by atoms with Gasteiger partial charge in [0.1, 0.15) is 5.75 Å². The molecule has 1 N–H and O–H groups in total. The number of amides is 3. The van der Waals surface area contributed by atoms with Crippen molar-refractivity contribution in [2.45, 2.75) is 0 Å². The number of benzene rings is 3. The Balaban J connectivity index is 1.66. The van der Waals surface area contributed by atoms with Gasteiger partial charge in [0.2, 0.25) is 0 Å². The van der Waals surface area contributed by atoms with Gasteiger partial charge in [-0.3, -0.25) is 14.4 Å². The highest BCUT2D eigenvalue weighted by Gasteiger charge is 2.38. The average molecular weight is 498 g/mol. The second kappa shape index (κ2) is 7.67. The van der Waals surface area contributed by atoms with Crippen molar-refractivity contribution in [2.75, 3.05) is 17.3 Å². The first-order valence-electron chi connectivity index (χ1n) is 8.72. The topological polar surface area (TPSA) is 75.7 Å². The Kier molecular flexibility index (Phi) is 5.06. The Hall–Kier alpha value is -3.20. The van der Waals surface area contributed by atoms with E-state index in [4.69, 9.17) is 4.74 Å². The number of nitrogens with one attached hydrogen (secondary N) is 1. The maximum atomic E-state index is 13.0. The first kappa shape index (κ1) is 19.1. The van der Waals surface area contributed by atoms with E-state index in [1.807, 2.05) is 18.2 Å². The number of imide groups is 1. The minimum absolute atomic E-state index is 0.191. The SMILES string of the molecule is COc1ccccc1N1C(=O)c2ccc(C(=O)Nc3cccc(I)c3)cc2C1=O. The van der Waals surface area contributed by atoms with Crippen LogP contribution in [-0.4, -0.2) is 24.8 Å². The first-order valence-corrected chi connectivity index (χ1v) is 9.80. The van der Waals surface area contributed by atoms with E-state index in [1.165, 1.54) is 19.2 Å². The summed E-state index contributed by atoms with van der Waals surface area (Å²) in [4.78, 5) is 39.5. The molecular weight excluding hydrogens is 483 g/mol. The molecule has 1 aliphatic rings. The van der Waals surface area contributed by atoms with E-state index in [0.29, 0.717) is 22.7 Å². The van der Waals surface area contributed by atoms with E-state index in [9.17, 15) is 14.4 Å². The van der Waals surface area contributed by atoms with Crippen molar-refractivity contribution in [1.82, 2.24) is 0 Å². The van der Waals surface area contributed by atoms with Crippen LogP contribution in [0.3, 0.4) is 0 Å². The molecule has 0 spiro atoms. The molecule has 0 fully saturated rings. The van der Waals surface area contributed by atoms with Gasteiger partial charge in [-0.2, -0.15) is 0 Å². The lowest BCUT2D eigenvalue weighted by Gasteiger charge is -2.16. The summed E-state index contributed by atoms with van der Waals surface area (Å²) in [6.45, 7) is 0. The number of hydrogen-bond donors (Lipinski definition) is 1. The maximum Gasteiger partial charge on any atom is 0.266 e. The Morgan fingerprint density at radius 2 is 1.69 bits per heavy atom. The molecule has 0 aromatic heterocycles. The van der Waals surface area contributed by atoms with Crippen LogP contribution >= 0.6 is 22.6 Å². The zero-order valence-electron chi connectivity index (χ0n) is 15.3. The summed E-state index contributed by atoms with van der Waals surface area (Å²) < 4.78 is 6.27. The predicted molar refractivity (Wildman–Crippen MR) is 118 cm³/mol. The Labute approximate surface area is 180 Å². The molecule has 3 aromatic rings. The van der Waals surface area contributed by atoms with Gasteiger partial charge in [0, 0.05) is 14.8 Å². The molecule has 144 valence electrons. The molecule has 0 saturated heterocycles. The molecule has 29 heavy (non-hydrogen) atoms. The number of rotatable bonds is 4. The van der Waals surface area contributed by atoms with Crippen molar-refractivity contribution in [2.24, 2.45) is 0 Å². The lowest BCUT2D eigenvalue weighted by atomic mass is 10.1. The van der Waals surface area contributed by atoms with Crippen LogP contribution in [0.15, 0.2) is 66.7 Å². The Morgan fingerprint density at radius 3 is 2.45 bits per heavy atom. The third kappa shape index (κ3) is 3.49. The summed E-state index contributed by atoms with van der Waals surface area (Å²) in [6, 6.07) is 18.7. The number of methoxy groups -OCH3 is 1. The van der Waals surface area contributed by atoms with Crippen LogP contribution in [0.4, 0.5) is 11.4 Å². The van der Waals surface area contributed by atoms with E-state index < -0.39 is 11.8 Å². The largest absolute Gasteiger partial charge is 0.495 e. The number of fused-ring (bicyclic) bond motifs is 1. The van der Waals surface area contributed by atoms with E-state index >= 15 is 0 Å². The van der Waals surface area contributed by atoms with Gasteiger partial charge < -0.3 is 10.1 Å². The van der Waals surface area contributed by atoms with Crippen LogP contribution < -0.4 is 15.0 Å². The summed E-state index contributed by atoms with van der Waals surface area (Å²) in [6.07, 6.45) is 0. The number of nitrogens with zero attached hydrogens (tertiary/aromatic N) is 1. The molecule has 6 nitrogen and oxygen atoms in total. The average Bonchev–Trinajstić information content (AvgIpc) is 2.97. The Morgan fingerprint density at radius 1 is 0.931 bits per heavy atom. The number of halogens is 1. The number of anilines is 2. The molecule has 0 radical (unpaired) electrons. The fourth-order valence-corrected chi connectivity index (χ4v) is 3.73. The summed E-state index contributed by atoms with van der Waals surface area (Å²) >= 11 is 2.16. The van der Waals surface area contributed by atoms with Gasteiger partial charge in [-0.25, -0.2) is 4.90 Å². The fraction of sp³-hybridized carbons (Fsp3) is 0.0455. The van der Waals surface area contributed by atoms with Gasteiger partial charge in [0.15, 0.2) is 0 Å². The van der Waals surface area contributed by atoms with Crippen LogP contribution in [0.5, 0.6) is 5.75 Å². The summed E-state index contributed by atoms with van der Waals surface area (Å²) in [5.74, 6) is -0.873. The van der Waals surface area contributed by atoms with Crippen LogP contribution in [0.2, 0.25) is 0 Å². The third-order valence-corrected chi connectivity index (χ3v) is 5.23. The monoisotopic (exact) mass is 498 g/mol. The molecule has 7 heteroatoms. The number of para-hydroxylation sites is 2. The third-order valence-electron chi connectivity index (χ3n) is 4.56. The molecule has 3 aromatic carbocycles. The van der Waals surface area contributed by atoms with Gasteiger partial charge in [0.05, 0.1) is 23.9 Å². The maximum absolute atomic E-state index is 13.0. The van der Waals surface area contributed by atoms with Gasteiger partial charge in [-0.15, -0.1) is 0 Å². The minimum Gasteiger partial charge on any atom is -0.495 e. The first-order chi connectivity index (χ1) is 14.0. The standard InChI is InChI=1S/C22H15IN2O4/c1-29-19-8-3-2-7-18(19)25-21(27)16-10-9-13(11-17(16)22(25)28)20(26)24-15-6-4-5-14(23)12-15/h2-12H,1H3,(H,24,26). The van der Waals surface area contributed by atoms with E-state index in [2.05, 4.69) is 27.9 Å². The molecule has 0 bridgehead atoms. The second-order valence-corrected chi connectivity index (χ2v) is 7.59. The molecule has 0 saturated carbocycles. The zero-order valence-corrected chi connectivity index (χ0v) is 17.5. The van der Waals surface area contributed by atoms with Crippen LogP contribution in [-0.2, 0) is 0 Å². The quantitative estimate of drug-likeness (QED) is 0.429. The Bertz CT molecular complexity index is 1160. The van der Waals surface area contributed by atoms with Crippen molar-refractivity contribution < 1.29 is 19.1 Å². The summed E-state index contributed by atoms with van der Waals surface area (Å²) in [5.41, 5.74) is 1.76. The summed E-state index contributed by atoms with van der Waals surface area (Å²) in [7, 11) is 1.48. The van der Waals surface area contributed by atoms with Crippen molar-refractivity contribution in [1.29, 1.82) is 0 Å². The van der Waals surface area contributed by atoms with Crippen molar-refractivity contribution in [3.05, 3.63) is 87.0 Å². The molecule has 1 aliphatic heterocycles. The number of carbonyl (C=O) groups is 3. The second-order valence-electron chi connectivity index (χ2n) is 6.34. The lowest BCUT2D eigenvalue weighted by molar-refractivity contribution is 0.0924. The molecule has 4 rings (SSSR count). The van der Waals surface area contributed by atoms with Gasteiger partial charge in [-0.1, -0.05) is 18.2 Å². The summed E-state index contributed by atoms with van der Waals surface area (Å²) in [5, 5.41) is 2.80. The van der Waals surface area contributed by atoms with Crippen molar-refractivity contribution in [3.8, 4) is 5.75 Å². The van der Waals surface area contributed by atoms with Crippen LogP contribution in [0.25, 0.3) is 0 Å². The van der Waals surface area contributed by atoms with Crippen molar-refractivity contribution in [3.63, 3.8) is 0 Å². The van der Waals surface area contributed by atoms with Crippen LogP contribution in [0.1, 0.15) is 31.1 Å². The number of ether oxygens (including phenoxy) is 1. The molecular formula is C22H15IN2O4. The highest BCUT2D eigenvalue weighted by molar-refractivity contribution is 14.1. The fourth-order valence-electron chi connectivity index (χ4n) is 3.18. The van der Waals surface area contributed by atoms with Gasteiger partial charge >= 0.3 is 0 Å². The zero-order chi connectivity index (χ0) is 20.5. The molecule has 0 unspecified atom stereocenters. The van der Waals surface area contributed by atoms with E-state index in [-0.39, 0.29) is 17.0 Å². The minimum atomic E-state index is -0.488. The molecule has 3 amide bonds. The predicted octanol–water partition coefficient (Wildman–Crippen LogP) is 4.35. The molecule has 1 heterocycles. The van der Waals surface area contributed by atoms with E-state index in [1.54, 1.807) is 36.4 Å². The van der Waals surface area contributed by atoms with Gasteiger partial charge in [-0.05, 0) is 71.1 Å². The lowest BCUT2D eigenvalue weighted by Crippen LogP contribution is -2.29. The van der Waals surface area contributed by atoms with E-state index in [0.717, 1.165) is 8.47 Å². The number of carbonyl (C=O) groups excluding carboxylic acids is 3. The van der Waals surface area contributed by atoms with Crippen molar-refractivity contribution >= 4 is 51.7 Å². The molecule has 0 aliphatic carbocycles. The highest BCUT2D eigenvalue weighted by Crippen LogP contribution is 2.35. The van der Waals surface area contributed by atoms with Gasteiger partial charge in [0.25, 0.3) is 17.7 Å². The molecule has 0 atom stereocenters. The van der Waals surface area contributed by atoms with Crippen LogP contribution in [0, 0.1) is 3.57 Å². The smallest absolute Gasteiger partial charge is 0.266 e. The normalized spacial score (nSPS) is 12.7.